The number of imidazole rings is 1. The van der Waals surface area contributed by atoms with Crippen molar-refractivity contribution in [1.29, 1.82) is 0 Å². The van der Waals surface area contributed by atoms with E-state index in [1.165, 1.54) is 0 Å². The molecule has 1 aromatic heterocycles. The summed E-state index contributed by atoms with van der Waals surface area (Å²) in [4.78, 5) is 7.26. The molecule has 0 unspecified atom stereocenters. The van der Waals surface area contributed by atoms with Crippen LogP contribution >= 0.6 is 11.6 Å². The Bertz CT molecular complexity index is 1410. The zero-order valence-corrected chi connectivity index (χ0v) is 19.6. The number of aliphatic hydroxyl groups is 1. The number of benzene rings is 3. The van der Waals surface area contributed by atoms with Crippen molar-refractivity contribution in [1.82, 2.24) is 18.8 Å². The summed E-state index contributed by atoms with van der Waals surface area (Å²) >= 11 is 6.16. The standard InChI is InChI=1S/C24H25ClN4O3S/c25-20-6-8-22-23(16-20)29(13-14-30)24(26-22)17-27-9-11-28(12-10-27)33(31,32)21-7-5-18-3-1-2-4-19(18)15-21/h1-8,15-16,30H,9-14,17H2. The highest BCUT2D eigenvalue weighted by Gasteiger charge is 2.29. The predicted octanol–water partition coefficient (Wildman–Crippen LogP) is 3.34. The van der Waals surface area contributed by atoms with Gasteiger partial charge in [-0.15, -0.1) is 0 Å². The van der Waals surface area contributed by atoms with Crippen LogP contribution in [0.25, 0.3) is 21.8 Å². The quantitative estimate of drug-likeness (QED) is 0.454. The summed E-state index contributed by atoms with van der Waals surface area (Å²) in [5.41, 5.74) is 1.73. The third kappa shape index (κ3) is 4.37. The van der Waals surface area contributed by atoms with Crippen molar-refractivity contribution in [2.75, 3.05) is 32.8 Å². The molecule has 0 spiro atoms. The zero-order chi connectivity index (χ0) is 23.0. The van der Waals surface area contributed by atoms with Crippen LogP contribution in [0, 0.1) is 0 Å². The first kappa shape index (κ1) is 22.3. The maximum atomic E-state index is 13.2. The van der Waals surface area contributed by atoms with Crippen molar-refractivity contribution in [3.05, 3.63) is 71.5 Å². The summed E-state index contributed by atoms with van der Waals surface area (Å²) in [7, 11) is -3.55. The minimum atomic E-state index is -3.55. The van der Waals surface area contributed by atoms with E-state index in [1.54, 1.807) is 22.5 Å². The fourth-order valence-corrected chi connectivity index (χ4v) is 6.05. The van der Waals surface area contributed by atoms with Crippen LogP contribution in [0.15, 0.2) is 65.6 Å². The molecule has 1 saturated heterocycles. The van der Waals surface area contributed by atoms with Crippen molar-refractivity contribution in [3.63, 3.8) is 0 Å². The molecule has 1 aliphatic heterocycles. The number of hydrogen-bond donors (Lipinski definition) is 1. The van der Waals surface area contributed by atoms with Crippen LogP contribution in [0.4, 0.5) is 0 Å². The molecule has 5 rings (SSSR count). The van der Waals surface area contributed by atoms with E-state index >= 15 is 0 Å². The fourth-order valence-electron chi connectivity index (χ4n) is 4.42. The Morgan fingerprint density at radius 2 is 1.70 bits per heavy atom. The van der Waals surface area contributed by atoms with Gasteiger partial charge < -0.3 is 9.67 Å². The number of piperazine rings is 1. The second-order valence-corrected chi connectivity index (χ2v) is 10.6. The molecule has 1 N–H and O–H groups in total. The van der Waals surface area contributed by atoms with E-state index in [-0.39, 0.29) is 6.61 Å². The molecule has 0 saturated carbocycles. The van der Waals surface area contributed by atoms with Gasteiger partial charge in [-0.25, -0.2) is 13.4 Å². The summed E-state index contributed by atoms with van der Waals surface area (Å²) in [5.74, 6) is 0.840. The Labute approximate surface area is 197 Å². The van der Waals surface area contributed by atoms with E-state index in [4.69, 9.17) is 16.6 Å². The third-order valence-corrected chi connectivity index (χ3v) is 8.30. The van der Waals surface area contributed by atoms with Gasteiger partial charge >= 0.3 is 0 Å². The molecule has 3 aromatic carbocycles. The number of hydrogen-bond acceptors (Lipinski definition) is 5. The number of rotatable bonds is 6. The summed E-state index contributed by atoms with van der Waals surface area (Å²) in [5, 5.41) is 12.1. The Morgan fingerprint density at radius 1 is 0.939 bits per heavy atom. The highest BCUT2D eigenvalue weighted by atomic mass is 35.5. The summed E-state index contributed by atoms with van der Waals surface area (Å²) in [6.45, 7) is 3.07. The van der Waals surface area contributed by atoms with Gasteiger partial charge in [0.1, 0.15) is 5.82 Å². The molecule has 0 bridgehead atoms. The molecule has 0 radical (unpaired) electrons. The number of halogens is 1. The highest BCUT2D eigenvalue weighted by Crippen LogP contribution is 2.25. The average Bonchev–Trinajstić information content (AvgIpc) is 3.15. The number of nitrogens with zero attached hydrogens (tertiary/aromatic N) is 4. The summed E-state index contributed by atoms with van der Waals surface area (Å²) in [6.07, 6.45) is 0. The second-order valence-electron chi connectivity index (χ2n) is 8.23. The smallest absolute Gasteiger partial charge is 0.243 e. The molecule has 2 heterocycles. The van der Waals surface area contributed by atoms with Crippen LogP contribution < -0.4 is 0 Å². The van der Waals surface area contributed by atoms with Crippen LogP contribution in [0.1, 0.15) is 5.82 Å². The largest absolute Gasteiger partial charge is 0.395 e. The van der Waals surface area contributed by atoms with E-state index in [1.807, 2.05) is 47.0 Å². The lowest BCUT2D eigenvalue weighted by atomic mass is 10.1. The maximum Gasteiger partial charge on any atom is 0.243 e. The highest BCUT2D eigenvalue weighted by molar-refractivity contribution is 7.89. The van der Waals surface area contributed by atoms with Crippen LogP contribution in [0.2, 0.25) is 5.02 Å². The van der Waals surface area contributed by atoms with Gasteiger partial charge in [-0.05, 0) is 41.1 Å². The normalized spacial score (nSPS) is 16.1. The van der Waals surface area contributed by atoms with Gasteiger partial charge in [-0.2, -0.15) is 4.31 Å². The van der Waals surface area contributed by atoms with Gasteiger partial charge in [0.2, 0.25) is 10.0 Å². The molecule has 172 valence electrons. The molecular weight excluding hydrogens is 460 g/mol. The SMILES string of the molecule is O=S(=O)(c1ccc2ccccc2c1)N1CCN(Cc2nc3ccc(Cl)cc3n2CCO)CC1. The van der Waals surface area contributed by atoms with Crippen molar-refractivity contribution in [3.8, 4) is 0 Å². The first-order chi connectivity index (χ1) is 16.0. The zero-order valence-electron chi connectivity index (χ0n) is 18.1. The van der Waals surface area contributed by atoms with Crippen LogP contribution in [0.5, 0.6) is 0 Å². The predicted molar refractivity (Wildman–Crippen MR) is 130 cm³/mol. The number of aliphatic hydroxyl groups excluding tert-OH is 1. The molecule has 1 aliphatic rings. The van der Waals surface area contributed by atoms with Gasteiger partial charge in [0.25, 0.3) is 0 Å². The van der Waals surface area contributed by atoms with Crippen molar-refractivity contribution < 1.29 is 13.5 Å². The fraction of sp³-hybridized carbons (Fsp3) is 0.292. The molecule has 9 heteroatoms. The molecule has 7 nitrogen and oxygen atoms in total. The van der Waals surface area contributed by atoms with Crippen LogP contribution in [-0.4, -0.2) is 65.1 Å². The van der Waals surface area contributed by atoms with E-state index in [0.717, 1.165) is 27.6 Å². The molecule has 0 amide bonds. The van der Waals surface area contributed by atoms with E-state index in [0.29, 0.717) is 49.2 Å². The molecule has 0 atom stereocenters. The van der Waals surface area contributed by atoms with E-state index < -0.39 is 10.0 Å². The number of aromatic nitrogens is 2. The van der Waals surface area contributed by atoms with E-state index in [2.05, 4.69) is 4.90 Å². The molecule has 4 aromatic rings. The summed E-state index contributed by atoms with van der Waals surface area (Å²) < 4.78 is 30.0. The lowest BCUT2D eigenvalue weighted by Crippen LogP contribution is -2.48. The minimum Gasteiger partial charge on any atom is -0.395 e. The lowest BCUT2D eigenvalue weighted by Gasteiger charge is -2.33. The Hall–Kier alpha value is -2.49. The minimum absolute atomic E-state index is 0.00273. The monoisotopic (exact) mass is 484 g/mol. The Kier molecular flexibility index (Phi) is 6.11. The first-order valence-corrected chi connectivity index (χ1v) is 12.7. The van der Waals surface area contributed by atoms with Gasteiger partial charge in [0, 0.05) is 37.7 Å². The van der Waals surface area contributed by atoms with Gasteiger partial charge in [-0.3, -0.25) is 4.90 Å². The second kappa shape index (κ2) is 9.04. The molecule has 0 aliphatic carbocycles. The van der Waals surface area contributed by atoms with Crippen molar-refractivity contribution in [2.24, 2.45) is 0 Å². The third-order valence-electron chi connectivity index (χ3n) is 6.17. The van der Waals surface area contributed by atoms with E-state index in [9.17, 15) is 13.5 Å². The van der Waals surface area contributed by atoms with Crippen molar-refractivity contribution in [2.45, 2.75) is 18.0 Å². The number of sulfonamides is 1. The summed E-state index contributed by atoms with van der Waals surface area (Å²) in [6, 6.07) is 18.6. The van der Waals surface area contributed by atoms with Crippen LogP contribution in [-0.2, 0) is 23.1 Å². The topological polar surface area (TPSA) is 78.7 Å². The first-order valence-electron chi connectivity index (χ1n) is 10.9. The molecule has 1 fully saturated rings. The van der Waals surface area contributed by atoms with Gasteiger partial charge in [0.15, 0.2) is 0 Å². The van der Waals surface area contributed by atoms with Gasteiger partial charge in [-0.1, -0.05) is 41.9 Å². The molecular formula is C24H25ClN4O3S. The maximum absolute atomic E-state index is 13.2. The average molecular weight is 485 g/mol. The molecule has 33 heavy (non-hydrogen) atoms. The van der Waals surface area contributed by atoms with Gasteiger partial charge in [0.05, 0.1) is 29.1 Å². The lowest BCUT2D eigenvalue weighted by molar-refractivity contribution is 0.175. The van der Waals surface area contributed by atoms with Crippen LogP contribution in [0.3, 0.4) is 0 Å². The van der Waals surface area contributed by atoms with Crippen molar-refractivity contribution >= 4 is 43.4 Å². The Balaban J connectivity index is 1.31. The Morgan fingerprint density at radius 3 is 2.45 bits per heavy atom. The number of fused-ring (bicyclic) bond motifs is 2.